The third-order valence-electron chi connectivity index (χ3n) is 4.19. The fraction of sp³-hybridized carbons (Fsp3) is 0.389. The summed E-state index contributed by atoms with van der Waals surface area (Å²) in [5, 5.41) is 0.562. The Balaban J connectivity index is 1.41. The van der Waals surface area contributed by atoms with Crippen molar-refractivity contribution in [2.45, 2.75) is 25.4 Å². The minimum atomic E-state index is 0.0136. The van der Waals surface area contributed by atoms with Crippen LogP contribution in [0.15, 0.2) is 42.6 Å². The molecule has 1 fully saturated rings. The Morgan fingerprint density at radius 2 is 2.00 bits per heavy atom. The number of ether oxygens (including phenoxy) is 1. The number of nitrogens with one attached hydrogen (secondary N) is 1. The van der Waals surface area contributed by atoms with Gasteiger partial charge in [-0.3, -0.25) is 4.79 Å². The van der Waals surface area contributed by atoms with Crippen LogP contribution in [0.5, 0.6) is 0 Å². The molecule has 23 heavy (non-hydrogen) atoms. The molecule has 4 nitrogen and oxygen atoms in total. The first-order valence-corrected chi connectivity index (χ1v) is 8.39. The van der Waals surface area contributed by atoms with Gasteiger partial charge in [-0.2, -0.15) is 0 Å². The zero-order valence-corrected chi connectivity index (χ0v) is 13.8. The molecule has 0 unspecified atom stereocenters. The van der Waals surface area contributed by atoms with Crippen LogP contribution < -0.4 is 0 Å². The molecule has 0 atom stereocenters. The SMILES string of the molecule is O=C(c1cc(Cl)c[nH]1)N1CCC(OCCc2ccccc2)CC1. The minimum absolute atomic E-state index is 0.0136. The van der Waals surface area contributed by atoms with E-state index in [1.54, 1.807) is 12.3 Å². The number of aromatic nitrogens is 1. The summed E-state index contributed by atoms with van der Waals surface area (Å²) in [5.41, 5.74) is 1.85. The van der Waals surface area contributed by atoms with Crippen molar-refractivity contribution in [2.75, 3.05) is 19.7 Å². The van der Waals surface area contributed by atoms with Crippen LogP contribution >= 0.6 is 11.6 Å². The summed E-state index contributed by atoms with van der Waals surface area (Å²) in [6.45, 7) is 2.19. The average Bonchev–Trinajstić information content (AvgIpc) is 3.02. The first kappa shape index (κ1) is 16.1. The van der Waals surface area contributed by atoms with Crippen LogP contribution in [0.25, 0.3) is 0 Å². The molecule has 0 spiro atoms. The first-order chi connectivity index (χ1) is 11.2. The van der Waals surface area contributed by atoms with Gasteiger partial charge in [0.25, 0.3) is 5.91 Å². The zero-order chi connectivity index (χ0) is 16.1. The van der Waals surface area contributed by atoms with Gasteiger partial charge in [-0.25, -0.2) is 0 Å². The second kappa shape index (κ2) is 7.66. The number of amides is 1. The number of likely N-dealkylation sites (tertiary alicyclic amines) is 1. The highest BCUT2D eigenvalue weighted by molar-refractivity contribution is 6.30. The Kier molecular flexibility index (Phi) is 5.36. The number of carbonyl (C=O) groups excluding carboxylic acids is 1. The molecular formula is C18H21ClN2O2. The molecule has 0 bridgehead atoms. The maximum Gasteiger partial charge on any atom is 0.270 e. The van der Waals surface area contributed by atoms with Crippen molar-refractivity contribution in [1.29, 1.82) is 0 Å². The van der Waals surface area contributed by atoms with Gasteiger partial charge < -0.3 is 14.6 Å². The molecule has 0 aliphatic carbocycles. The Morgan fingerprint density at radius 1 is 1.26 bits per heavy atom. The maximum absolute atomic E-state index is 12.3. The maximum atomic E-state index is 12.3. The van der Waals surface area contributed by atoms with Crippen molar-refractivity contribution in [3.63, 3.8) is 0 Å². The minimum Gasteiger partial charge on any atom is -0.378 e. The largest absolute Gasteiger partial charge is 0.378 e. The molecule has 0 saturated carbocycles. The van der Waals surface area contributed by atoms with E-state index >= 15 is 0 Å². The molecule has 3 rings (SSSR count). The average molecular weight is 333 g/mol. The summed E-state index contributed by atoms with van der Waals surface area (Å²) in [6.07, 6.45) is 4.58. The molecule has 1 amide bonds. The summed E-state index contributed by atoms with van der Waals surface area (Å²) < 4.78 is 5.96. The third kappa shape index (κ3) is 4.36. The Hall–Kier alpha value is -1.78. The monoisotopic (exact) mass is 332 g/mol. The van der Waals surface area contributed by atoms with E-state index in [9.17, 15) is 4.79 Å². The number of hydrogen-bond acceptors (Lipinski definition) is 2. The topological polar surface area (TPSA) is 45.3 Å². The van der Waals surface area contributed by atoms with Crippen LogP contribution in [-0.4, -0.2) is 41.6 Å². The second-order valence-corrected chi connectivity index (χ2v) is 6.27. The van der Waals surface area contributed by atoms with Crippen LogP contribution in [0.1, 0.15) is 28.9 Å². The van der Waals surface area contributed by atoms with E-state index in [4.69, 9.17) is 16.3 Å². The number of carbonyl (C=O) groups is 1. The number of hydrogen-bond donors (Lipinski definition) is 1. The van der Waals surface area contributed by atoms with Crippen molar-refractivity contribution in [2.24, 2.45) is 0 Å². The van der Waals surface area contributed by atoms with Crippen LogP contribution in [-0.2, 0) is 11.2 Å². The molecule has 2 aromatic rings. The van der Waals surface area contributed by atoms with E-state index in [2.05, 4.69) is 17.1 Å². The molecule has 1 aliphatic heterocycles. The lowest BCUT2D eigenvalue weighted by atomic mass is 10.1. The Labute approximate surface area is 141 Å². The molecule has 0 radical (unpaired) electrons. The molecule has 2 heterocycles. The van der Waals surface area contributed by atoms with E-state index in [0.29, 0.717) is 10.7 Å². The fourth-order valence-electron chi connectivity index (χ4n) is 2.88. The molecular weight excluding hydrogens is 312 g/mol. The number of H-pyrrole nitrogens is 1. The highest BCUT2D eigenvalue weighted by atomic mass is 35.5. The van der Waals surface area contributed by atoms with Crippen molar-refractivity contribution in [3.05, 3.63) is 58.9 Å². The third-order valence-corrected chi connectivity index (χ3v) is 4.41. The van der Waals surface area contributed by atoms with E-state index in [-0.39, 0.29) is 12.0 Å². The lowest BCUT2D eigenvalue weighted by molar-refractivity contribution is 0.00990. The quantitative estimate of drug-likeness (QED) is 0.910. The van der Waals surface area contributed by atoms with Crippen LogP contribution in [0.4, 0.5) is 0 Å². The highest BCUT2D eigenvalue weighted by Crippen LogP contribution is 2.18. The summed E-state index contributed by atoms with van der Waals surface area (Å²) in [7, 11) is 0. The number of piperidine rings is 1. The van der Waals surface area contributed by atoms with Crippen molar-refractivity contribution in [1.82, 2.24) is 9.88 Å². The van der Waals surface area contributed by atoms with Crippen LogP contribution in [0, 0.1) is 0 Å². The lowest BCUT2D eigenvalue weighted by Crippen LogP contribution is -2.41. The van der Waals surface area contributed by atoms with Crippen molar-refractivity contribution >= 4 is 17.5 Å². The summed E-state index contributed by atoms with van der Waals surface area (Å²) in [5.74, 6) is 0.0136. The smallest absolute Gasteiger partial charge is 0.270 e. The van der Waals surface area contributed by atoms with E-state index in [0.717, 1.165) is 39.0 Å². The van der Waals surface area contributed by atoms with Gasteiger partial charge in [0.2, 0.25) is 0 Å². The van der Waals surface area contributed by atoms with Crippen LogP contribution in [0.2, 0.25) is 5.02 Å². The molecule has 1 aliphatic rings. The van der Waals surface area contributed by atoms with Gasteiger partial charge in [0, 0.05) is 19.3 Å². The predicted molar refractivity (Wildman–Crippen MR) is 90.8 cm³/mol. The second-order valence-electron chi connectivity index (χ2n) is 5.83. The lowest BCUT2D eigenvalue weighted by Gasteiger charge is -2.31. The summed E-state index contributed by atoms with van der Waals surface area (Å²) in [6, 6.07) is 12.0. The zero-order valence-electron chi connectivity index (χ0n) is 13.0. The molecule has 122 valence electrons. The van der Waals surface area contributed by atoms with E-state index in [1.807, 2.05) is 23.1 Å². The number of benzene rings is 1. The molecule has 1 aromatic carbocycles. The molecule has 1 aromatic heterocycles. The van der Waals surface area contributed by atoms with E-state index < -0.39 is 0 Å². The number of nitrogens with zero attached hydrogens (tertiary/aromatic N) is 1. The van der Waals surface area contributed by atoms with Crippen LogP contribution in [0.3, 0.4) is 0 Å². The van der Waals surface area contributed by atoms with Gasteiger partial charge in [0.05, 0.1) is 17.7 Å². The number of aromatic amines is 1. The van der Waals surface area contributed by atoms with Gasteiger partial charge in [0.15, 0.2) is 0 Å². The van der Waals surface area contributed by atoms with Gasteiger partial charge in [0.1, 0.15) is 5.69 Å². The van der Waals surface area contributed by atoms with Crippen molar-refractivity contribution < 1.29 is 9.53 Å². The molecule has 5 heteroatoms. The van der Waals surface area contributed by atoms with Gasteiger partial charge >= 0.3 is 0 Å². The predicted octanol–water partition coefficient (Wildman–Crippen LogP) is 3.53. The normalized spacial score (nSPS) is 15.8. The molecule has 1 N–H and O–H groups in total. The number of rotatable bonds is 5. The standard InChI is InChI=1S/C18H21ClN2O2/c19-15-12-17(20-13-15)18(22)21-9-6-16(7-10-21)23-11-8-14-4-2-1-3-5-14/h1-5,12-13,16,20H,6-11H2. The highest BCUT2D eigenvalue weighted by Gasteiger charge is 2.24. The summed E-state index contributed by atoms with van der Waals surface area (Å²) in [4.78, 5) is 17.1. The van der Waals surface area contributed by atoms with E-state index in [1.165, 1.54) is 5.56 Å². The fourth-order valence-corrected chi connectivity index (χ4v) is 3.04. The van der Waals surface area contributed by atoms with Gasteiger partial charge in [-0.15, -0.1) is 0 Å². The number of halogens is 1. The van der Waals surface area contributed by atoms with Crippen molar-refractivity contribution in [3.8, 4) is 0 Å². The Bertz CT molecular complexity index is 633. The Morgan fingerprint density at radius 3 is 2.65 bits per heavy atom. The molecule has 1 saturated heterocycles. The summed E-state index contributed by atoms with van der Waals surface area (Å²) >= 11 is 5.85. The van der Waals surface area contributed by atoms with Gasteiger partial charge in [-0.05, 0) is 30.9 Å². The van der Waals surface area contributed by atoms with Gasteiger partial charge in [-0.1, -0.05) is 41.9 Å². The first-order valence-electron chi connectivity index (χ1n) is 8.01.